The normalized spacial score (nSPS) is 33.1. The van der Waals surface area contributed by atoms with Crippen molar-refractivity contribution >= 4 is 10.8 Å². The Kier molecular flexibility index (Phi) is 2.46. The maximum atomic E-state index is 10.9. The molecule has 2 aliphatic rings. The fourth-order valence-electron chi connectivity index (χ4n) is 4.23. The van der Waals surface area contributed by atoms with E-state index in [1.165, 1.54) is 42.0 Å². The minimum atomic E-state index is -0.402. The molecule has 1 N–H and O–H groups in total. The molecule has 1 nitrogen and oxygen atoms in total. The van der Waals surface area contributed by atoms with Gasteiger partial charge in [-0.05, 0) is 41.0 Å². The van der Waals surface area contributed by atoms with E-state index in [9.17, 15) is 5.11 Å². The molecule has 0 radical (unpaired) electrons. The van der Waals surface area contributed by atoms with E-state index >= 15 is 0 Å². The lowest BCUT2D eigenvalue weighted by Gasteiger charge is -2.13. The van der Waals surface area contributed by atoms with Crippen molar-refractivity contribution in [1.29, 1.82) is 0 Å². The molecule has 0 bridgehead atoms. The van der Waals surface area contributed by atoms with Crippen molar-refractivity contribution in [3.8, 4) is 0 Å². The quantitative estimate of drug-likeness (QED) is 0.858. The predicted octanol–water partition coefficient (Wildman–Crippen LogP) is 3.93. The van der Waals surface area contributed by atoms with Crippen LogP contribution in [0.3, 0.4) is 0 Å². The summed E-state index contributed by atoms with van der Waals surface area (Å²) in [6, 6.07) is 15.0. The first-order chi connectivity index (χ1) is 9.29. The van der Waals surface area contributed by atoms with Gasteiger partial charge in [0.2, 0.25) is 0 Å². The second-order valence-electron chi connectivity index (χ2n) is 6.30. The summed E-state index contributed by atoms with van der Waals surface area (Å²) in [6.45, 7) is 0. The number of benzene rings is 2. The van der Waals surface area contributed by atoms with Gasteiger partial charge in [0.25, 0.3) is 0 Å². The van der Waals surface area contributed by atoms with Crippen LogP contribution >= 0.6 is 0 Å². The molecule has 0 saturated heterocycles. The third-order valence-corrected chi connectivity index (χ3v) is 5.29. The van der Waals surface area contributed by atoms with Gasteiger partial charge in [-0.2, -0.15) is 0 Å². The Bertz CT molecular complexity index is 599. The summed E-state index contributed by atoms with van der Waals surface area (Å²) < 4.78 is 0. The molecule has 2 aromatic carbocycles. The van der Waals surface area contributed by atoms with E-state index in [2.05, 4.69) is 42.5 Å². The van der Waals surface area contributed by atoms with Gasteiger partial charge in [0.15, 0.2) is 0 Å². The zero-order valence-corrected chi connectivity index (χ0v) is 11.2. The average Bonchev–Trinajstić information content (AvgIpc) is 3.05. The molecule has 2 aromatic rings. The first-order valence-corrected chi connectivity index (χ1v) is 7.48. The molecule has 19 heavy (non-hydrogen) atoms. The van der Waals surface area contributed by atoms with Crippen LogP contribution in [0.2, 0.25) is 0 Å². The summed E-state index contributed by atoms with van der Waals surface area (Å²) in [7, 11) is 0. The zero-order valence-electron chi connectivity index (χ0n) is 11.2. The lowest BCUT2D eigenvalue weighted by atomic mass is 9.97. The first-order valence-electron chi connectivity index (χ1n) is 7.48. The number of rotatable bonds is 2. The number of aliphatic hydroxyl groups is 1. The molecule has 0 amide bonds. The van der Waals surface area contributed by atoms with Gasteiger partial charge in [-0.1, -0.05) is 55.3 Å². The van der Waals surface area contributed by atoms with E-state index in [4.69, 9.17) is 0 Å². The Morgan fingerprint density at radius 3 is 2.42 bits per heavy atom. The third-order valence-electron chi connectivity index (χ3n) is 5.29. The van der Waals surface area contributed by atoms with Gasteiger partial charge in [-0.25, -0.2) is 0 Å². The van der Waals surface area contributed by atoms with Crippen LogP contribution in [-0.2, 0) is 6.42 Å². The largest absolute Gasteiger partial charge is 0.389 e. The first kappa shape index (κ1) is 11.5. The molecule has 98 valence electrons. The van der Waals surface area contributed by atoms with Crippen molar-refractivity contribution in [3.63, 3.8) is 0 Å². The Hall–Kier alpha value is -1.34. The van der Waals surface area contributed by atoms with Crippen LogP contribution in [0.25, 0.3) is 10.8 Å². The highest BCUT2D eigenvalue weighted by atomic mass is 16.3. The van der Waals surface area contributed by atoms with E-state index in [0.717, 1.165) is 6.42 Å². The molecule has 2 atom stereocenters. The molecule has 2 fully saturated rings. The summed E-state index contributed by atoms with van der Waals surface area (Å²) in [5.74, 6) is 1.14. The summed E-state index contributed by atoms with van der Waals surface area (Å²) in [4.78, 5) is 0. The second kappa shape index (κ2) is 4.08. The van der Waals surface area contributed by atoms with Crippen molar-refractivity contribution in [2.45, 2.75) is 37.7 Å². The van der Waals surface area contributed by atoms with Crippen LogP contribution in [-0.4, -0.2) is 10.7 Å². The summed E-state index contributed by atoms with van der Waals surface area (Å²) in [5, 5.41) is 13.5. The molecular formula is C18H20O. The molecule has 4 rings (SSSR count). The maximum absolute atomic E-state index is 10.9. The maximum Gasteiger partial charge on any atom is 0.0751 e. The van der Waals surface area contributed by atoms with Crippen LogP contribution in [0.1, 0.15) is 31.2 Å². The number of fused-ring (bicyclic) bond motifs is 2. The van der Waals surface area contributed by atoms with Gasteiger partial charge in [0.1, 0.15) is 0 Å². The Morgan fingerprint density at radius 2 is 1.63 bits per heavy atom. The van der Waals surface area contributed by atoms with Crippen molar-refractivity contribution < 1.29 is 5.11 Å². The smallest absolute Gasteiger partial charge is 0.0751 e. The van der Waals surface area contributed by atoms with E-state index in [-0.39, 0.29) is 0 Å². The zero-order chi connectivity index (χ0) is 12.9. The molecule has 2 unspecified atom stereocenters. The van der Waals surface area contributed by atoms with E-state index in [0.29, 0.717) is 11.8 Å². The van der Waals surface area contributed by atoms with Gasteiger partial charge in [0, 0.05) is 6.42 Å². The van der Waals surface area contributed by atoms with Gasteiger partial charge in [0.05, 0.1) is 5.60 Å². The molecule has 0 aliphatic heterocycles. The summed E-state index contributed by atoms with van der Waals surface area (Å²) in [5.41, 5.74) is 0.913. The number of hydrogen-bond acceptors (Lipinski definition) is 1. The van der Waals surface area contributed by atoms with E-state index in [1.54, 1.807) is 0 Å². The number of hydrogen-bond donors (Lipinski definition) is 1. The molecule has 0 heterocycles. The van der Waals surface area contributed by atoms with Crippen molar-refractivity contribution in [1.82, 2.24) is 0 Å². The average molecular weight is 252 g/mol. The van der Waals surface area contributed by atoms with E-state index < -0.39 is 5.60 Å². The second-order valence-corrected chi connectivity index (χ2v) is 6.30. The monoisotopic (exact) mass is 252 g/mol. The van der Waals surface area contributed by atoms with E-state index in [1.807, 2.05) is 0 Å². The lowest BCUT2D eigenvalue weighted by molar-refractivity contribution is 0.119. The molecule has 1 heteroatoms. The van der Waals surface area contributed by atoms with Gasteiger partial charge >= 0.3 is 0 Å². The SMILES string of the molecule is OC1(Cc2cccc3ccccc23)C2CCCCC21. The standard InChI is InChI=1S/C18H20O/c19-18(16-10-3-4-11-17(16)18)12-14-8-5-7-13-6-1-2-9-15(13)14/h1-2,5-9,16-17,19H,3-4,10-12H2. The highest BCUT2D eigenvalue weighted by Gasteiger charge is 2.63. The predicted molar refractivity (Wildman–Crippen MR) is 78.0 cm³/mol. The van der Waals surface area contributed by atoms with Crippen molar-refractivity contribution in [2.75, 3.05) is 0 Å². The molecule has 0 spiro atoms. The van der Waals surface area contributed by atoms with Crippen molar-refractivity contribution in [2.24, 2.45) is 11.8 Å². The summed E-state index contributed by atoms with van der Waals surface area (Å²) >= 11 is 0. The molecular weight excluding hydrogens is 232 g/mol. The minimum Gasteiger partial charge on any atom is -0.389 e. The van der Waals surface area contributed by atoms with Gasteiger partial charge in [-0.15, -0.1) is 0 Å². The van der Waals surface area contributed by atoms with Crippen molar-refractivity contribution in [3.05, 3.63) is 48.0 Å². The lowest BCUT2D eigenvalue weighted by Crippen LogP contribution is -2.16. The Labute approximate surface area is 114 Å². The van der Waals surface area contributed by atoms with Gasteiger partial charge < -0.3 is 5.11 Å². The topological polar surface area (TPSA) is 20.2 Å². The molecule has 2 saturated carbocycles. The fourth-order valence-corrected chi connectivity index (χ4v) is 4.23. The summed E-state index contributed by atoms with van der Waals surface area (Å²) in [6.07, 6.45) is 5.90. The highest BCUT2D eigenvalue weighted by molar-refractivity contribution is 5.85. The van der Waals surface area contributed by atoms with Crippen LogP contribution < -0.4 is 0 Å². The third kappa shape index (κ3) is 1.72. The van der Waals surface area contributed by atoms with Crippen LogP contribution in [0.5, 0.6) is 0 Å². The highest BCUT2D eigenvalue weighted by Crippen LogP contribution is 2.60. The fraction of sp³-hybridized carbons (Fsp3) is 0.444. The Morgan fingerprint density at radius 1 is 0.947 bits per heavy atom. The Balaban J connectivity index is 1.69. The van der Waals surface area contributed by atoms with Crippen LogP contribution in [0.15, 0.2) is 42.5 Å². The van der Waals surface area contributed by atoms with Gasteiger partial charge in [-0.3, -0.25) is 0 Å². The van der Waals surface area contributed by atoms with Crippen LogP contribution in [0, 0.1) is 11.8 Å². The van der Waals surface area contributed by atoms with Crippen LogP contribution in [0.4, 0.5) is 0 Å². The molecule has 2 aliphatic carbocycles. The minimum absolute atomic E-state index is 0.402. The molecule has 0 aromatic heterocycles.